The average Bonchev–Trinajstić information content (AvgIpc) is 2.39. The van der Waals surface area contributed by atoms with Crippen LogP contribution in [0.3, 0.4) is 0 Å². The molecular formula is C15H20Cl2N2. The lowest BCUT2D eigenvalue weighted by molar-refractivity contribution is 0.670. The van der Waals surface area contributed by atoms with Gasteiger partial charge in [-0.2, -0.15) is 0 Å². The Balaban J connectivity index is 0.00000162. The first-order valence-corrected chi connectivity index (χ1v) is 5.96. The molecule has 0 radical (unpaired) electrons. The van der Waals surface area contributed by atoms with E-state index in [0.717, 1.165) is 12.1 Å². The van der Waals surface area contributed by atoms with Crippen molar-refractivity contribution in [3.63, 3.8) is 0 Å². The zero-order valence-electron chi connectivity index (χ0n) is 11.0. The summed E-state index contributed by atoms with van der Waals surface area (Å²) >= 11 is 0. The standard InChI is InChI=1S/C15H18N2.2ClH/c1-12-6-2-3-7-13(12)10-14(11-16)15-8-4-5-9-17-15;;/h2-9,14H,10-11,16H2,1H3;2*1H. The van der Waals surface area contributed by atoms with Gasteiger partial charge in [-0.25, -0.2) is 0 Å². The van der Waals surface area contributed by atoms with Gasteiger partial charge in [0.1, 0.15) is 0 Å². The van der Waals surface area contributed by atoms with Gasteiger partial charge in [0.2, 0.25) is 0 Å². The molecule has 1 heterocycles. The predicted octanol–water partition coefficient (Wildman–Crippen LogP) is 3.52. The maximum absolute atomic E-state index is 5.86. The van der Waals surface area contributed by atoms with Crippen molar-refractivity contribution in [3.05, 3.63) is 65.5 Å². The summed E-state index contributed by atoms with van der Waals surface area (Å²) in [5, 5.41) is 0. The van der Waals surface area contributed by atoms with Crippen molar-refractivity contribution in [2.24, 2.45) is 5.73 Å². The Labute approximate surface area is 127 Å². The molecule has 0 aliphatic rings. The first-order chi connectivity index (χ1) is 8.31. The van der Waals surface area contributed by atoms with Gasteiger partial charge in [-0.05, 0) is 36.6 Å². The third kappa shape index (κ3) is 4.83. The number of halogens is 2. The van der Waals surface area contributed by atoms with E-state index in [-0.39, 0.29) is 24.8 Å². The van der Waals surface area contributed by atoms with Crippen molar-refractivity contribution >= 4 is 24.8 Å². The SMILES string of the molecule is Cc1ccccc1CC(CN)c1ccccn1.Cl.Cl. The van der Waals surface area contributed by atoms with E-state index in [0.29, 0.717) is 12.5 Å². The minimum atomic E-state index is 0. The molecule has 4 heteroatoms. The topological polar surface area (TPSA) is 38.9 Å². The van der Waals surface area contributed by atoms with Crippen LogP contribution in [0.4, 0.5) is 0 Å². The highest BCUT2D eigenvalue weighted by Gasteiger charge is 2.12. The van der Waals surface area contributed by atoms with Crippen molar-refractivity contribution in [1.29, 1.82) is 0 Å². The number of benzene rings is 1. The summed E-state index contributed by atoms with van der Waals surface area (Å²) in [6.45, 7) is 2.77. The van der Waals surface area contributed by atoms with Crippen molar-refractivity contribution in [3.8, 4) is 0 Å². The van der Waals surface area contributed by atoms with Gasteiger partial charge in [-0.3, -0.25) is 4.98 Å². The van der Waals surface area contributed by atoms with Crippen molar-refractivity contribution in [2.75, 3.05) is 6.54 Å². The van der Waals surface area contributed by atoms with Crippen LogP contribution in [-0.4, -0.2) is 11.5 Å². The lowest BCUT2D eigenvalue weighted by Crippen LogP contribution is -2.16. The highest BCUT2D eigenvalue weighted by atomic mass is 35.5. The zero-order valence-corrected chi connectivity index (χ0v) is 12.6. The second-order valence-electron chi connectivity index (χ2n) is 4.32. The molecule has 1 aromatic heterocycles. The fourth-order valence-electron chi connectivity index (χ4n) is 2.03. The maximum atomic E-state index is 5.86. The van der Waals surface area contributed by atoms with E-state index in [4.69, 9.17) is 5.73 Å². The van der Waals surface area contributed by atoms with Gasteiger partial charge >= 0.3 is 0 Å². The second-order valence-corrected chi connectivity index (χ2v) is 4.32. The summed E-state index contributed by atoms with van der Waals surface area (Å²) in [5.74, 6) is 0.303. The van der Waals surface area contributed by atoms with Crippen LogP contribution in [0.25, 0.3) is 0 Å². The minimum absolute atomic E-state index is 0. The normalized spacial score (nSPS) is 11.1. The fraction of sp³-hybridized carbons (Fsp3) is 0.267. The van der Waals surface area contributed by atoms with E-state index in [1.54, 1.807) is 0 Å². The summed E-state index contributed by atoms with van der Waals surface area (Å²) in [6.07, 6.45) is 2.79. The summed E-state index contributed by atoms with van der Waals surface area (Å²) in [4.78, 5) is 4.40. The van der Waals surface area contributed by atoms with Gasteiger partial charge in [0, 0.05) is 24.4 Å². The Bertz CT molecular complexity index is 475. The minimum Gasteiger partial charge on any atom is -0.330 e. The molecule has 19 heavy (non-hydrogen) atoms. The molecule has 0 saturated heterocycles. The molecule has 104 valence electrons. The van der Waals surface area contributed by atoms with Crippen LogP contribution in [0.15, 0.2) is 48.7 Å². The molecule has 2 rings (SSSR count). The van der Waals surface area contributed by atoms with E-state index in [1.807, 2.05) is 18.3 Å². The Kier molecular flexibility index (Phi) is 8.41. The lowest BCUT2D eigenvalue weighted by Gasteiger charge is -2.15. The molecule has 1 unspecified atom stereocenters. The Morgan fingerprint density at radius 3 is 2.32 bits per heavy atom. The largest absolute Gasteiger partial charge is 0.330 e. The number of hydrogen-bond donors (Lipinski definition) is 1. The van der Waals surface area contributed by atoms with E-state index in [1.165, 1.54) is 11.1 Å². The van der Waals surface area contributed by atoms with Gasteiger partial charge in [-0.15, -0.1) is 24.8 Å². The molecule has 0 spiro atoms. The van der Waals surface area contributed by atoms with E-state index >= 15 is 0 Å². The van der Waals surface area contributed by atoms with Crippen LogP contribution < -0.4 is 5.73 Å². The number of hydrogen-bond acceptors (Lipinski definition) is 2. The monoisotopic (exact) mass is 298 g/mol. The molecule has 2 nitrogen and oxygen atoms in total. The molecule has 2 aromatic rings. The van der Waals surface area contributed by atoms with Crippen molar-refractivity contribution in [2.45, 2.75) is 19.3 Å². The molecule has 2 N–H and O–H groups in total. The molecule has 0 aliphatic heterocycles. The smallest absolute Gasteiger partial charge is 0.0450 e. The Morgan fingerprint density at radius 1 is 1.05 bits per heavy atom. The summed E-state index contributed by atoms with van der Waals surface area (Å²) < 4.78 is 0. The van der Waals surface area contributed by atoms with Gasteiger partial charge in [0.05, 0.1) is 0 Å². The first kappa shape index (κ1) is 17.9. The number of aryl methyl sites for hydroxylation is 1. The highest BCUT2D eigenvalue weighted by molar-refractivity contribution is 5.85. The molecule has 1 atom stereocenters. The number of nitrogens with two attached hydrogens (primary N) is 1. The first-order valence-electron chi connectivity index (χ1n) is 5.96. The van der Waals surface area contributed by atoms with Gasteiger partial charge in [-0.1, -0.05) is 30.3 Å². The number of rotatable bonds is 4. The summed E-state index contributed by atoms with van der Waals surface area (Å²) in [5.41, 5.74) is 9.62. The average molecular weight is 299 g/mol. The van der Waals surface area contributed by atoms with E-state index in [2.05, 4.69) is 42.2 Å². The number of aromatic nitrogens is 1. The Morgan fingerprint density at radius 2 is 1.74 bits per heavy atom. The van der Waals surface area contributed by atoms with E-state index < -0.39 is 0 Å². The molecule has 1 aromatic carbocycles. The maximum Gasteiger partial charge on any atom is 0.0450 e. The van der Waals surface area contributed by atoms with Crippen LogP contribution in [0, 0.1) is 6.92 Å². The zero-order chi connectivity index (χ0) is 12.1. The third-order valence-electron chi connectivity index (χ3n) is 3.12. The lowest BCUT2D eigenvalue weighted by atomic mass is 9.93. The van der Waals surface area contributed by atoms with Crippen LogP contribution in [-0.2, 0) is 6.42 Å². The molecule has 0 saturated carbocycles. The third-order valence-corrected chi connectivity index (χ3v) is 3.12. The molecule has 0 amide bonds. The highest BCUT2D eigenvalue weighted by Crippen LogP contribution is 2.19. The van der Waals surface area contributed by atoms with Crippen LogP contribution in [0.5, 0.6) is 0 Å². The van der Waals surface area contributed by atoms with Gasteiger partial charge < -0.3 is 5.73 Å². The summed E-state index contributed by atoms with van der Waals surface area (Å²) in [7, 11) is 0. The van der Waals surface area contributed by atoms with Crippen LogP contribution in [0.2, 0.25) is 0 Å². The molecule has 0 aliphatic carbocycles. The fourth-order valence-corrected chi connectivity index (χ4v) is 2.03. The van der Waals surface area contributed by atoms with Crippen LogP contribution in [0.1, 0.15) is 22.7 Å². The number of nitrogens with zero attached hydrogens (tertiary/aromatic N) is 1. The molecular weight excluding hydrogens is 279 g/mol. The van der Waals surface area contributed by atoms with Crippen molar-refractivity contribution < 1.29 is 0 Å². The van der Waals surface area contributed by atoms with Gasteiger partial charge in [0.25, 0.3) is 0 Å². The second kappa shape index (κ2) is 8.92. The summed E-state index contributed by atoms with van der Waals surface area (Å²) in [6, 6.07) is 14.5. The van der Waals surface area contributed by atoms with Crippen molar-refractivity contribution in [1.82, 2.24) is 4.98 Å². The van der Waals surface area contributed by atoms with Crippen LogP contribution >= 0.6 is 24.8 Å². The quantitative estimate of drug-likeness (QED) is 0.938. The molecule has 0 fully saturated rings. The molecule has 0 bridgehead atoms. The predicted molar refractivity (Wildman–Crippen MR) is 85.4 cm³/mol. The van der Waals surface area contributed by atoms with Gasteiger partial charge in [0.15, 0.2) is 0 Å². The number of pyridine rings is 1. The Hall–Kier alpha value is -1.09. The van der Waals surface area contributed by atoms with E-state index in [9.17, 15) is 0 Å².